The number of rotatable bonds is 4. The Labute approximate surface area is 118 Å². The summed E-state index contributed by atoms with van der Waals surface area (Å²) in [5, 5.41) is 14.0. The van der Waals surface area contributed by atoms with Crippen LogP contribution in [-0.4, -0.2) is 36.6 Å². The zero-order valence-electron chi connectivity index (χ0n) is 11.6. The minimum atomic E-state index is -0.216. The van der Waals surface area contributed by atoms with Crippen LogP contribution in [-0.2, 0) is 4.79 Å². The molecule has 1 aromatic carbocycles. The first kappa shape index (κ1) is 15.7. The van der Waals surface area contributed by atoms with Crippen molar-refractivity contribution < 1.29 is 14.7 Å². The average Bonchev–Trinajstić information content (AvgIpc) is 2.42. The lowest BCUT2D eigenvalue weighted by molar-refractivity contribution is -0.118. The van der Waals surface area contributed by atoms with Crippen LogP contribution in [0, 0.1) is 18.8 Å². The number of carbonyl (C=O) groups excluding carboxylic acids is 2. The highest BCUT2D eigenvalue weighted by Gasteiger charge is 2.10. The third kappa shape index (κ3) is 4.75. The molecule has 0 spiro atoms. The molecule has 0 heterocycles. The molecule has 5 nitrogen and oxygen atoms in total. The van der Waals surface area contributed by atoms with Gasteiger partial charge in [0.2, 0.25) is 5.91 Å². The normalized spacial score (nSPS) is 9.35. The lowest BCUT2D eigenvalue weighted by Crippen LogP contribution is -2.34. The summed E-state index contributed by atoms with van der Waals surface area (Å²) < 4.78 is 0. The molecule has 1 aromatic rings. The van der Waals surface area contributed by atoms with Crippen molar-refractivity contribution in [3.63, 3.8) is 0 Å². The molecular formula is C15H18N2O3. The van der Waals surface area contributed by atoms with Gasteiger partial charge in [-0.3, -0.25) is 9.59 Å². The Hall–Kier alpha value is -2.32. The number of hydrogen-bond acceptors (Lipinski definition) is 3. The van der Waals surface area contributed by atoms with E-state index in [4.69, 9.17) is 5.11 Å². The van der Waals surface area contributed by atoms with Crippen molar-refractivity contribution in [2.24, 2.45) is 0 Å². The highest BCUT2D eigenvalue weighted by atomic mass is 16.2. The van der Waals surface area contributed by atoms with Crippen molar-refractivity contribution in [2.75, 3.05) is 19.7 Å². The molecule has 20 heavy (non-hydrogen) atoms. The maximum absolute atomic E-state index is 12.0. The van der Waals surface area contributed by atoms with E-state index in [1.54, 1.807) is 18.2 Å². The Morgan fingerprint density at radius 2 is 1.95 bits per heavy atom. The first-order valence-electron chi connectivity index (χ1n) is 6.28. The third-order valence-corrected chi connectivity index (χ3v) is 2.67. The molecule has 0 unspecified atom stereocenters. The van der Waals surface area contributed by atoms with E-state index in [0.29, 0.717) is 24.2 Å². The monoisotopic (exact) mass is 274 g/mol. The molecule has 1 rings (SSSR count). The maximum atomic E-state index is 12.0. The van der Waals surface area contributed by atoms with Crippen LogP contribution < -0.4 is 10.6 Å². The number of aliphatic hydroxyl groups is 1. The standard InChI is InChI=1S/C15H18N2O3/c1-11-13(6-4-10-18)5-3-7-14(11)15(20)17-9-8-16-12(2)19/h3,5,7,18H,8-10H2,1-2H3,(H,16,19)(H,17,20). The molecule has 0 saturated heterocycles. The Morgan fingerprint density at radius 3 is 2.60 bits per heavy atom. The first-order valence-corrected chi connectivity index (χ1v) is 6.28. The van der Waals surface area contributed by atoms with Crippen LogP contribution in [0.25, 0.3) is 0 Å². The van der Waals surface area contributed by atoms with Gasteiger partial charge in [0, 0.05) is 31.1 Å². The molecule has 2 amide bonds. The van der Waals surface area contributed by atoms with Gasteiger partial charge >= 0.3 is 0 Å². The number of benzene rings is 1. The van der Waals surface area contributed by atoms with Gasteiger partial charge in [0.25, 0.3) is 5.91 Å². The number of nitrogens with one attached hydrogen (secondary N) is 2. The lowest BCUT2D eigenvalue weighted by atomic mass is 10.0. The van der Waals surface area contributed by atoms with Crippen LogP contribution in [0.5, 0.6) is 0 Å². The zero-order chi connectivity index (χ0) is 15.0. The van der Waals surface area contributed by atoms with Crippen molar-refractivity contribution in [2.45, 2.75) is 13.8 Å². The zero-order valence-corrected chi connectivity index (χ0v) is 11.6. The summed E-state index contributed by atoms with van der Waals surface area (Å²) in [5.41, 5.74) is 2.02. The molecule has 106 valence electrons. The van der Waals surface area contributed by atoms with Crippen LogP contribution >= 0.6 is 0 Å². The second-order valence-corrected chi connectivity index (χ2v) is 4.18. The first-order chi connectivity index (χ1) is 9.56. The molecule has 0 fully saturated rings. The molecule has 0 aliphatic carbocycles. The Kier molecular flexibility index (Phi) is 6.27. The van der Waals surface area contributed by atoms with Crippen LogP contribution in [0.3, 0.4) is 0 Å². The van der Waals surface area contributed by atoms with Crippen LogP contribution in [0.2, 0.25) is 0 Å². The van der Waals surface area contributed by atoms with E-state index in [9.17, 15) is 9.59 Å². The van der Waals surface area contributed by atoms with Gasteiger partial charge in [-0.1, -0.05) is 17.9 Å². The van der Waals surface area contributed by atoms with Crippen LogP contribution in [0.4, 0.5) is 0 Å². The van der Waals surface area contributed by atoms with Crippen molar-refractivity contribution in [1.82, 2.24) is 10.6 Å². The minimum absolute atomic E-state index is 0.128. The second-order valence-electron chi connectivity index (χ2n) is 4.18. The number of carbonyl (C=O) groups is 2. The average molecular weight is 274 g/mol. The molecule has 0 radical (unpaired) electrons. The molecule has 3 N–H and O–H groups in total. The summed E-state index contributed by atoms with van der Waals surface area (Å²) in [6.07, 6.45) is 0. The van der Waals surface area contributed by atoms with Gasteiger partial charge in [0.15, 0.2) is 0 Å². The van der Waals surface area contributed by atoms with Gasteiger partial charge in [0.1, 0.15) is 6.61 Å². The predicted octanol–water partition coefficient (Wildman–Crippen LogP) is 0.205. The summed E-state index contributed by atoms with van der Waals surface area (Å²) in [6.45, 7) is 3.78. The predicted molar refractivity (Wildman–Crippen MR) is 76.2 cm³/mol. The molecule has 0 atom stereocenters. The molecule has 0 aliphatic rings. The number of aliphatic hydroxyl groups excluding tert-OH is 1. The van der Waals surface area contributed by atoms with Crippen molar-refractivity contribution >= 4 is 11.8 Å². The quantitative estimate of drug-likeness (QED) is 0.542. The molecule has 0 aliphatic heterocycles. The smallest absolute Gasteiger partial charge is 0.251 e. The fourth-order valence-corrected chi connectivity index (χ4v) is 1.66. The molecule has 0 saturated carbocycles. The minimum Gasteiger partial charge on any atom is -0.384 e. The highest BCUT2D eigenvalue weighted by Crippen LogP contribution is 2.12. The summed E-state index contributed by atoms with van der Waals surface area (Å²) in [7, 11) is 0. The summed E-state index contributed by atoms with van der Waals surface area (Å²) in [5.74, 6) is 5.03. The second kappa shape index (κ2) is 7.97. The largest absolute Gasteiger partial charge is 0.384 e. The topological polar surface area (TPSA) is 78.4 Å². The Bertz CT molecular complexity index is 556. The van der Waals surface area contributed by atoms with E-state index >= 15 is 0 Å². The maximum Gasteiger partial charge on any atom is 0.251 e. The van der Waals surface area contributed by atoms with Gasteiger partial charge < -0.3 is 15.7 Å². The van der Waals surface area contributed by atoms with Crippen LogP contribution in [0.15, 0.2) is 18.2 Å². The van der Waals surface area contributed by atoms with E-state index < -0.39 is 0 Å². The molecule has 0 bridgehead atoms. The van der Waals surface area contributed by atoms with Gasteiger partial charge in [0.05, 0.1) is 0 Å². The molecule has 0 aromatic heterocycles. The Balaban J connectivity index is 2.71. The molecular weight excluding hydrogens is 256 g/mol. The van der Waals surface area contributed by atoms with Gasteiger partial charge in [-0.2, -0.15) is 0 Å². The molecule has 5 heteroatoms. The fourth-order valence-electron chi connectivity index (χ4n) is 1.66. The van der Waals surface area contributed by atoms with E-state index in [2.05, 4.69) is 22.5 Å². The van der Waals surface area contributed by atoms with E-state index in [0.717, 1.165) is 5.56 Å². The number of hydrogen-bond donors (Lipinski definition) is 3. The Morgan fingerprint density at radius 1 is 1.25 bits per heavy atom. The van der Waals surface area contributed by atoms with E-state index in [1.165, 1.54) is 6.92 Å². The summed E-state index contributed by atoms with van der Waals surface area (Å²) >= 11 is 0. The lowest BCUT2D eigenvalue weighted by Gasteiger charge is -2.09. The third-order valence-electron chi connectivity index (χ3n) is 2.67. The van der Waals surface area contributed by atoms with Crippen molar-refractivity contribution in [3.05, 3.63) is 34.9 Å². The summed E-state index contributed by atoms with van der Waals surface area (Å²) in [4.78, 5) is 22.7. The van der Waals surface area contributed by atoms with Crippen molar-refractivity contribution in [3.8, 4) is 11.8 Å². The van der Waals surface area contributed by atoms with Gasteiger partial charge in [-0.15, -0.1) is 0 Å². The van der Waals surface area contributed by atoms with E-state index in [1.807, 2.05) is 6.92 Å². The summed E-state index contributed by atoms with van der Waals surface area (Å²) in [6, 6.07) is 5.26. The highest BCUT2D eigenvalue weighted by molar-refractivity contribution is 5.96. The van der Waals surface area contributed by atoms with Gasteiger partial charge in [-0.05, 0) is 24.6 Å². The fraction of sp³-hybridized carbons (Fsp3) is 0.333. The SMILES string of the molecule is CC(=O)NCCNC(=O)c1cccc(C#CCO)c1C. The van der Waals surface area contributed by atoms with Crippen molar-refractivity contribution in [1.29, 1.82) is 0 Å². The van der Waals surface area contributed by atoms with Crippen LogP contribution in [0.1, 0.15) is 28.4 Å². The van der Waals surface area contributed by atoms with E-state index in [-0.39, 0.29) is 18.4 Å². The van der Waals surface area contributed by atoms with Gasteiger partial charge in [-0.25, -0.2) is 0 Å². The number of amides is 2.